The van der Waals surface area contributed by atoms with Gasteiger partial charge >= 0.3 is 0 Å². The van der Waals surface area contributed by atoms with Gasteiger partial charge in [-0.05, 0) is 13.0 Å². The molecular formula is C26H44N4O13. The number of hydrogen-bond acceptors (Lipinski definition) is 14. The van der Waals surface area contributed by atoms with Crippen molar-refractivity contribution in [3.63, 3.8) is 0 Å². The number of carbonyl (C=O) groups is 1. The van der Waals surface area contributed by atoms with E-state index in [1.165, 1.54) is 6.07 Å². The third-order valence-electron chi connectivity index (χ3n) is 5.20. The van der Waals surface area contributed by atoms with E-state index in [2.05, 4.69) is 10.6 Å². The van der Waals surface area contributed by atoms with E-state index < -0.39 is 27.1 Å². The SMILES string of the molecule is CCOCCOCCOCCOCCOCCOCCOCCOCCNC(=O)CNc1ccc([N+](=O)[O-])cc1[N+](=O)[O-]. The summed E-state index contributed by atoms with van der Waals surface area (Å²) in [6.07, 6.45) is 0. The molecule has 246 valence electrons. The Balaban J connectivity index is 1.83. The molecule has 0 spiro atoms. The van der Waals surface area contributed by atoms with E-state index in [-0.39, 0.29) is 25.4 Å². The van der Waals surface area contributed by atoms with Crippen molar-refractivity contribution in [3.05, 3.63) is 38.4 Å². The molecule has 17 heteroatoms. The van der Waals surface area contributed by atoms with Gasteiger partial charge in [0.25, 0.3) is 11.4 Å². The van der Waals surface area contributed by atoms with Gasteiger partial charge in [-0.1, -0.05) is 0 Å². The second-order valence-corrected chi connectivity index (χ2v) is 8.40. The first-order valence-electron chi connectivity index (χ1n) is 14.0. The third-order valence-corrected chi connectivity index (χ3v) is 5.20. The van der Waals surface area contributed by atoms with Crippen LogP contribution in [-0.2, 0) is 42.7 Å². The van der Waals surface area contributed by atoms with Crippen LogP contribution >= 0.6 is 0 Å². The minimum absolute atomic E-state index is 0.00483. The van der Waals surface area contributed by atoms with E-state index in [4.69, 9.17) is 37.9 Å². The fourth-order valence-corrected chi connectivity index (χ4v) is 3.12. The highest BCUT2D eigenvalue weighted by Gasteiger charge is 2.19. The Morgan fingerprint density at radius 3 is 1.47 bits per heavy atom. The smallest absolute Gasteiger partial charge is 0.299 e. The van der Waals surface area contributed by atoms with Crippen LogP contribution in [0, 0.1) is 20.2 Å². The van der Waals surface area contributed by atoms with E-state index in [1.54, 1.807) is 0 Å². The highest BCUT2D eigenvalue weighted by Crippen LogP contribution is 2.28. The molecule has 43 heavy (non-hydrogen) atoms. The zero-order chi connectivity index (χ0) is 31.4. The molecule has 1 amide bonds. The van der Waals surface area contributed by atoms with E-state index >= 15 is 0 Å². The molecule has 1 aromatic carbocycles. The Hall–Kier alpha value is -3.03. The number of rotatable bonds is 30. The van der Waals surface area contributed by atoms with Gasteiger partial charge in [0.1, 0.15) is 5.69 Å². The number of nitrogens with one attached hydrogen (secondary N) is 2. The van der Waals surface area contributed by atoms with Gasteiger partial charge in [0.05, 0.1) is 122 Å². The van der Waals surface area contributed by atoms with Gasteiger partial charge in [0.15, 0.2) is 0 Å². The zero-order valence-corrected chi connectivity index (χ0v) is 24.7. The van der Waals surface area contributed by atoms with Crippen LogP contribution in [0.3, 0.4) is 0 Å². The van der Waals surface area contributed by atoms with Gasteiger partial charge in [-0.25, -0.2) is 0 Å². The van der Waals surface area contributed by atoms with E-state index in [0.29, 0.717) is 99.1 Å². The summed E-state index contributed by atoms with van der Waals surface area (Å²) in [7, 11) is 0. The monoisotopic (exact) mass is 620 g/mol. The number of non-ortho nitro benzene ring substituents is 1. The minimum Gasteiger partial charge on any atom is -0.379 e. The Morgan fingerprint density at radius 1 is 0.651 bits per heavy atom. The molecule has 2 N–H and O–H groups in total. The van der Waals surface area contributed by atoms with Crippen LogP contribution in [0.5, 0.6) is 0 Å². The second-order valence-electron chi connectivity index (χ2n) is 8.40. The third kappa shape index (κ3) is 21.3. The number of nitro groups is 2. The molecular weight excluding hydrogens is 576 g/mol. The maximum Gasteiger partial charge on any atom is 0.299 e. The number of nitrogens with zero attached hydrogens (tertiary/aromatic N) is 2. The lowest BCUT2D eigenvalue weighted by molar-refractivity contribution is -0.393. The summed E-state index contributed by atoms with van der Waals surface area (Å²) >= 11 is 0. The van der Waals surface area contributed by atoms with Crippen LogP contribution in [0.1, 0.15) is 6.92 Å². The van der Waals surface area contributed by atoms with Crippen molar-refractivity contribution in [1.29, 1.82) is 0 Å². The molecule has 1 aromatic rings. The Labute approximate surface area is 250 Å². The summed E-state index contributed by atoms with van der Waals surface area (Å²) in [6, 6.07) is 3.14. The van der Waals surface area contributed by atoms with Crippen LogP contribution in [0.25, 0.3) is 0 Å². The summed E-state index contributed by atoms with van der Waals surface area (Å²) in [5.41, 5.74) is -0.899. The predicted octanol–water partition coefficient (Wildman–Crippen LogP) is 1.18. The lowest BCUT2D eigenvalue weighted by Gasteiger charge is -2.09. The van der Waals surface area contributed by atoms with Gasteiger partial charge in [0, 0.05) is 19.2 Å². The Kier molecular flexibility index (Phi) is 23.5. The maximum atomic E-state index is 11.9. The van der Waals surface area contributed by atoms with Crippen molar-refractivity contribution in [2.75, 3.05) is 124 Å². The van der Waals surface area contributed by atoms with Crippen molar-refractivity contribution in [2.45, 2.75) is 6.92 Å². The summed E-state index contributed by atoms with van der Waals surface area (Å²) in [5.74, 6) is -0.419. The van der Waals surface area contributed by atoms with E-state index in [1.807, 2.05) is 6.92 Å². The number of carbonyl (C=O) groups excluding carboxylic acids is 1. The average Bonchev–Trinajstić information content (AvgIpc) is 2.99. The maximum absolute atomic E-state index is 11.9. The molecule has 1 rings (SSSR count). The van der Waals surface area contributed by atoms with Crippen LogP contribution in [-0.4, -0.2) is 135 Å². The summed E-state index contributed by atoms with van der Waals surface area (Å²) in [4.78, 5) is 32.4. The molecule has 0 atom stereocenters. The molecule has 17 nitrogen and oxygen atoms in total. The number of amides is 1. The molecule has 0 unspecified atom stereocenters. The fourth-order valence-electron chi connectivity index (χ4n) is 3.12. The van der Waals surface area contributed by atoms with Crippen LogP contribution in [0.2, 0.25) is 0 Å². The Bertz CT molecular complexity index is 895. The molecule has 0 radical (unpaired) electrons. The lowest BCUT2D eigenvalue weighted by atomic mass is 10.2. The summed E-state index contributed by atoms with van der Waals surface area (Å²) in [6.45, 7) is 9.44. The first-order chi connectivity index (χ1) is 21.0. The van der Waals surface area contributed by atoms with Gasteiger partial charge < -0.3 is 48.5 Å². The molecule has 0 aliphatic heterocycles. The van der Waals surface area contributed by atoms with Crippen LogP contribution in [0.15, 0.2) is 18.2 Å². The van der Waals surface area contributed by atoms with E-state index in [9.17, 15) is 25.0 Å². The molecule has 0 bridgehead atoms. The van der Waals surface area contributed by atoms with Crippen molar-refractivity contribution in [1.82, 2.24) is 5.32 Å². The fraction of sp³-hybridized carbons (Fsp3) is 0.731. The summed E-state index contributed by atoms with van der Waals surface area (Å²) in [5, 5.41) is 27.1. The largest absolute Gasteiger partial charge is 0.379 e. The number of anilines is 1. The second kappa shape index (κ2) is 26.6. The van der Waals surface area contributed by atoms with Gasteiger partial charge in [0.2, 0.25) is 5.91 Å². The molecule has 0 fully saturated rings. The number of ether oxygens (including phenoxy) is 8. The normalized spacial score (nSPS) is 11.0. The highest BCUT2D eigenvalue weighted by atomic mass is 16.6. The molecule has 0 saturated heterocycles. The predicted molar refractivity (Wildman–Crippen MR) is 153 cm³/mol. The average molecular weight is 621 g/mol. The zero-order valence-electron chi connectivity index (χ0n) is 24.7. The number of hydrogen-bond donors (Lipinski definition) is 2. The molecule has 0 aliphatic carbocycles. The molecule has 0 heterocycles. The van der Waals surface area contributed by atoms with Crippen molar-refractivity contribution in [3.8, 4) is 0 Å². The Morgan fingerprint density at radius 2 is 1.07 bits per heavy atom. The molecule has 0 saturated carbocycles. The minimum atomic E-state index is -0.757. The lowest BCUT2D eigenvalue weighted by Crippen LogP contribution is -2.32. The van der Waals surface area contributed by atoms with Gasteiger partial charge in [-0.2, -0.15) is 0 Å². The van der Waals surface area contributed by atoms with Crippen molar-refractivity contribution >= 4 is 23.0 Å². The van der Waals surface area contributed by atoms with Crippen molar-refractivity contribution < 1.29 is 52.5 Å². The first-order valence-corrected chi connectivity index (χ1v) is 14.0. The molecule has 0 aliphatic rings. The molecule has 0 aromatic heterocycles. The van der Waals surface area contributed by atoms with Crippen molar-refractivity contribution in [2.24, 2.45) is 0 Å². The standard InChI is InChI=1S/C26H44N4O13/c1-2-36-7-8-38-11-12-40-15-16-42-19-20-43-18-17-41-14-13-39-10-9-37-6-5-27-26(31)22-28-24-4-3-23(29(32)33)21-25(24)30(34)35/h3-4,21,28H,2,5-20,22H2,1H3,(H,27,31). The first kappa shape index (κ1) is 38.0. The van der Waals surface area contributed by atoms with Crippen LogP contribution in [0.4, 0.5) is 17.1 Å². The van der Waals surface area contributed by atoms with Crippen LogP contribution < -0.4 is 10.6 Å². The number of benzene rings is 1. The highest BCUT2D eigenvalue weighted by molar-refractivity contribution is 5.81. The topological polar surface area (TPSA) is 201 Å². The summed E-state index contributed by atoms with van der Waals surface area (Å²) < 4.78 is 42.9. The quantitative estimate of drug-likeness (QED) is 0.0705. The number of nitro benzene ring substituents is 2. The van der Waals surface area contributed by atoms with Gasteiger partial charge in [-0.15, -0.1) is 0 Å². The van der Waals surface area contributed by atoms with Gasteiger partial charge in [-0.3, -0.25) is 25.0 Å². The van der Waals surface area contributed by atoms with E-state index in [0.717, 1.165) is 12.1 Å².